The van der Waals surface area contributed by atoms with Gasteiger partial charge in [0.1, 0.15) is 5.82 Å². The number of nitrogens with one attached hydrogen (secondary N) is 2. The zero-order valence-corrected chi connectivity index (χ0v) is 19.7. The lowest BCUT2D eigenvalue weighted by Gasteiger charge is -2.09. The summed E-state index contributed by atoms with van der Waals surface area (Å²) in [4.78, 5) is 24.6. The maximum absolute atomic E-state index is 12.3. The Hall–Kier alpha value is -2.26. The van der Waals surface area contributed by atoms with Crippen molar-refractivity contribution < 1.29 is 9.59 Å². The number of carbonyl (C=O) groups excluding carboxylic acids is 2. The van der Waals surface area contributed by atoms with Crippen LogP contribution < -0.4 is 10.6 Å². The Bertz CT molecular complexity index is 1140. The van der Waals surface area contributed by atoms with Crippen LogP contribution in [-0.4, -0.2) is 32.3 Å². The second-order valence-corrected chi connectivity index (χ2v) is 8.80. The number of anilines is 2. The van der Waals surface area contributed by atoms with Gasteiger partial charge in [0, 0.05) is 23.4 Å². The lowest BCUT2D eigenvalue weighted by atomic mass is 10.2. The minimum atomic E-state index is -0.278. The average molecular weight is 499 g/mol. The van der Waals surface area contributed by atoms with Crippen molar-refractivity contribution in [1.29, 1.82) is 0 Å². The molecule has 0 aliphatic carbocycles. The standard InChI is InChI=1S/C20H18Cl3N5O2S/c1-11-3-4-12(21)7-16(11)25-19(30)10-31-20-27-26-17(28(20)2)9-18(29)24-13-5-6-14(22)15(23)8-13/h3-8H,9-10H2,1-2H3,(H,24,29)(H,25,30). The van der Waals surface area contributed by atoms with E-state index < -0.39 is 0 Å². The predicted molar refractivity (Wildman–Crippen MR) is 125 cm³/mol. The van der Waals surface area contributed by atoms with Crippen molar-refractivity contribution in [3.8, 4) is 0 Å². The van der Waals surface area contributed by atoms with E-state index in [1.165, 1.54) is 11.8 Å². The van der Waals surface area contributed by atoms with Gasteiger partial charge in [-0.15, -0.1) is 10.2 Å². The summed E-state index contributed by atoms with van der Waals surface area (Å²) in [6.07, 6.45) is 0.0121. The van der Waals surface area contributed by atoms with Crippen molar-refractivity contribution in [2.45, 2.75) is 18.5 Å². The fourth-order valence-corrected chi connectivity index (χ4v) is 3.79. The summed E-state index contributed by atoms with van der Waals surface area (Å²) in [7, 11) is 1.74. The van der Waals surface area contributed by atoms with Crippen LogP contribution in [0.3, 0.4) is 0 Å². The molecule has 3 rings (SSSR count). The number of thioether (sulfide) groups is 1. The van der Waals surface area contributed by atoms with E-state index in [9.17, 15) is 9.59 Å². The molecule has 2 N–H and O–H groups in total. The van der Waals surface area contributed by atoms with E-state index in [0.29, 0.717) is 37.4 Å². The van der Waals surface area contributed by atoms with Gasteiger partial charge in [-0.1, -0.05) is 52.6 Å². The van der Waals surface area contributed by atoms with Crippen molar-refractivity contribution in [2.75, 3.05) is 16.4 Å². The number of nitrogens with zero attached hydrogens (tertiary/aromatic N) is 3. The van der Waals surface area contributed by atoms with Crippen molar-refractivity contribution in [2.24, 2.45) is 7.05 Å². The molecule has 0 atom stereocenters. The molecule has 0 aliphatic heterocycles. The van der Waals surface area contributed by atoms with Gasteiger partial charge in [0.05, 0.1) is 22.2 Å². The van der Waals surface area contributed by atoms with Gasteiger partial charge < -0.3 is 15.2 Å². The molecule has 0 saturated carbocycles. The number of rotatable bonds is 7. The number of hydrogen-bond donors (Lipinski definition) is 2. The van der Waals surface area contributed by atoms with E-state index in [1.807, 2.05) is 13.0 Å². The molecule has 0 radical (unpaired) electrons. The van der Waals surface area contributed by atoms with Crippen LogP contribution in [0.25, 0.3) is 0 Å². The molecule has 11 heteroatoms. The molecule has 0 unspecified atom stereocenters. The van der Waals surface area contributed by atoms with E-state index in [-0.39, 0.29) is 24.0 Å². The first-order chi connectivity index (χ1) is 14.7. The lowest BCUT2D eigenvalue weighted by Crippen LogP contribution is -2.17. The van der Waals surface area contributed by atoms with Crippen LogP contribution in [0.5, 0.6) is 0 Å². The average Bonchev–Trinajstić information content (AvgIpc) is 3.05. The summed E-state index contributed by atoms with van der Waals surface area (Å²) in [5.74, 6) is 0.121. The number of halogens is 3. The molecule has 2 amide bonds. The summed E-state index contributed by atoms with van der Waals surface area (Å²) >= 11 is 19.0. The monoisotopic (exact) mass is 497 g/mol. The second-order valence-electron chi connectivity index (χ2n) is 6.61. The molecule has 1 heterocycles. The minimum Gasteiger partial charge on any atom is -0.326 e. The number of carbonyl (C=O) groups is 2. The predicted octanol–water partition coefficient (Wildman–Crippen LogP) is 5.00. The van der Waals surface area contributed by atoms with Crippen molar-refractivity contribution in [3.63, 3.8) is 0 Å². The molecule has 0 saturated heterocycles. The van der Waals surface area contributed by atoms with Gasteiger partial charge in [-0.2, -0.15) is 0 Å². The van der Waals surface area contributed by atoms with Crippen LogP contribution in [0.4, 0.5) is 11.4 Å². The number of aryl methyl sites for hydroxylation is 1. The number of aromatic nitrogens is 3. The van der Waals surface area contributed by atoms with E-state index in [1.54, 1.807) is 41.9 Å². The Morgan fingerprint density at radius 2 is 1.77 bits per heavy atom. The van der Waals surface area contributed by atoms with Crippen molar-refractivity contribution >= 4 is 69.8 Å². The molecule has 0 fully saturated rings. The molecule has 7 nitrogen and oxygen atoms in total. The highest BCUT2D eigenvalue weighted by molar-refractivity contribution is 7.99. The van der Waals surface area contributed by atoms with Crippen molar-refractivity contribution in [1.82, 2.24) is 14.8 Å². The smallest absolute Gasteiger partial charge is 0.234 e. The Morgan fingerprint density at radius 3 is 2.52 bits per heavy atom. The highest BCUT2D eigenvalue weighted by atomic mass is 35.5. The van der Waals surface area contributed by atoms with E-state index in [0.717, 1.165) is 5.56 Å². The Kier molecular flexibility index (Phi) is 7.83. The van der Waals surface area contributed by atoms with Crippen LogP contribution in [0, 0.1) is 6.92 Å². The van der Waals surface area contributed by atoms with Crippen LogP contribution >= 0.6 is 46.6 Å². The molecule has 3 aromatic rings. The van der Waals surface area contributed by atoms with E-state index >= 15 is 0 Å². The molecule has 0 spiro atoms. The lowest BCUT2D eigenvalue weighted by molar-refractivity contribution is -0.116. The first kappa shape index (κ1) is 23.4. The van der Waals surface area contributed by atoms with Gasteiger partial charge in [-0.05, 0) is 42.8 Å². The first-order valence-electron chi connectivity index (χ1n) is 9.05. The molecular weight excluding hydrogens is 481 g/mol. The maximum atomic E-state index is 12.3. The first-order valence-corrected chi connectivity index (χ1v) is 11.2. The Labute approximate surface area is 198 Å². The van der Waals surface area contributed by atoms with Crippen LogP contribution in [-0.2, 0) is 23.1 Å². The zero-order valence-electron chi connectivity index (χ0n) is 16.6. The summed E-state index contributed by atoms with van der Waals surface area (Å²) in [5.41, 5.74) is 2.11. The normalized spacial score (nSPS) is 10.7. The molecule has 0 bridgehead atoms. The molecular formula is C20H18Cl3N5O2S. The van der Waals surface area contributed by atoms with Gasteiger partial charge in [0.15, 0.2) is 5.16 Å². The van der Waals surface area contributed by atoms with Gasteiger partial charge in [0.25, 0.3) is 0 Å². The van der Waals surface area contributed by atoms with E-state index in [4.69, 9.17) is 34.8 Å². The van der Waals surface area contributed by atoms with Crippen molar-refractivity contribution in [3.05, 3.63) is 62.9 Å². The van der Waals surface area contributed by atoms with Gasteiger partial charge in [-0.25, -0.2) is 0 Å². The fraction of sp³-hybridized carbons (Fsp3) is 0.200. The maximum Gasteiger partial charge on any atom is 0.234 e. The summed E-state index contributed by atoms with van der Waals surface area (Å²) < 4.78 is 1.68. The number of hydrogen-bond acceptors (Lipinski definition) is 5. The number of benzene rings is 2. The summed E-state index contributed by atoms with van der Waals surface area (Å²) in [6.45, 7) is 1.89. The van der Waals surface area contributed by atoms with Crippen LogP contribution in [0.15, 0.2) is 41.6 Å². The van der Waals surface area contributed by atoms with Crippen LogP contribution in [0.2, 0.25) is 15.1 Å². The Morgan fingerprint density at radius 1 is 1.00 bits per heavy atom. The van der Waals surface area contributed by atoms with Gasteiger partial charge in [0.2, 0.25) is 11.8 Å². The molecule has 162 valence electrons. The molecule has 1 aromatic heterocycles. The third kappa shape index (κ3) is 6.36. The highest BCUT2D eigenvalue weighted by Crippen LogP contribution is 2.25. The molecule has 31 heavy (non-hydrogen) atoms. The van der Waals surface area contributed by atoms with E-state index in [2.05, 4.69) is 20.8 Å². The number of amides is 2. The van der Waals surface area contributed by atoms with Gasteiger partial charge >= 0.3 is 0 Å². The second kappa shape index (κ2) is 10.4. The molecule has 2 aromatic carbocycles. The highest BCUT2D eigenvalue weighted by Gasteiger charge is 2.15. The Balaban J connectivity index is 1.55. The third-order valence-electron chi connectivity index (χ3n) is 4.25. The summed E-state index contributed by atoms with van der Waals surface area (Å²) in [6, 6.07) is 10.1. The fourth-order valence-electron chi connectivity index (χ4n) is 2.59. The topological polar surface area (TPSA) is 88.9 Å². The third-order valence-corrected chi connectivity index (χ3v) is 6.25. The summed E-state index contributed by atoms with van der Waals surface area (Å²) in [5, 5.41) is 15.5. The largest absolute Gasteiger partial charge is 0.326 e. The van der Waals surface area contributed by atoms with Gasteiger partial charge in [-0.3, -0.25) is 9.59 Å². The zero-order chi connectivity index (χ0) is 22.5. The minimum absolute atomic E-state index is 0.0121. The van der Waals surface area contributed by atoms with Crippen LogP contribution in [0.1, 0.15) is 11.4 Å². The quantitative estimate of drug-likeness (QED) is 0.448. The molecule has 0 aliphatic rings. The SMILES string of the molecule is Cc1ccc(Cl)cc1NC(=O)CSc1nnc(CC(=O)Nc2ccc(Cl)c(Cl)c2)n1C.